The van der Waals surface area contributed by atoms with Gasteiger partial charge in [0.2, 0.25) is 0 Å². The molecule has 0 saturated heterocycles. The predicted molar refractivity (Wildman–Crippen MR) is 81.7 cm³/mol. The maximum absolute atomic E-state index is 9.26. The van der Waals surface area contributed by atoms with E-state index in [-0.39, 0.29) is 0 Å². The number of nitrogens with one attached hydrogen (secondary N) is 1. The number of nitrogens with zero attached hydrogens (tertiary/aromatic N) is 1. The van der Waals surface area contributed by atoms with Gasteiger partial charge in [0, 0.05) is 24.5 Å². The van der Waals surface area contributed by atoms with Crippen molar-refractivity contribution in [3.63, 3.8) is 0 Å². The maximum atomic E-state index is 9.26. The van der Waals surface area contributed by atoms with E-state index < -0.39 is 0 Å². The molecule has 1 heterocycles. The molecule has 0 spiro atoms. The Morgan fingerprint density at radius 2 is 1.90 bits per heavy atom. The molecule has 0 aliphatic carbocycles. The van der Waals surface area contributed by atoms with Gasteiger partial charge in [0.1, 0.15) is 5.75 Å². The second-order valence-corrected chi connectivity index (χ2v) is 5.28. The van der Waals surface area contributed by atoms with Crippen molar-refractivity contribution in [1.82, 2.24) is 10.3 Å². The highest BCUT2D eigenvalue weighted by Gasteiger charge is 2.09. The van der Waals surface area contributed by atoms with Crippen LogP contribution >= 0.6 is 0 Å². The summed E-state index contributed by atoms with van der Waals surface area (Å²) in [4.78, 5) is 4.15. The first-order valence-electron chi connectivity index (χ1n) is 7.09. The summed E-state index contributed by atoms with van der Waals surface area (Å²) < 4.78 is 0. The Kier molecular flexibility index (Phi) is 5.13. The number of aryl methyl sites for hydroxylation is 1. The van der Waals surface area contributed by atoms with E-state index in [1.807, 2.05) is 24.4 Å². The molecule has 0 aliphatic rings. The minimum Gasteiger partial charge on any atom is -0.508 e. The molecule has 1 unspecified atom stereocenters. The Hall–Kier alpha value is -1.87. The van der Waals surface area contributed by atoms with Crippen LogP contribution in [0.4, 0.5) is 0 Å². The number of pyridine rings is 1. The van der Waals surface area contributed by atoms with Crippen LogP contribution < -0.4 is 5.32 Å². The molecule has 2 atom stereocenters. The van der Waals surface area contributed by atoms with Crippen LogP contribution in [0, 0.1) is 0 Å². The number of aromatic hydroxyl groups is 1. The minimum absolute atomic E-state index is 0.304. The van der Waals surface area contributed by atoms with E-state index >= 15 is 0 Å². The minimum atomic E-state index is 0.304. The fourth-order valence-corrected chi connectivity index (χ4v) is 2.28. The topological polar surface area (TPSA) is 45.1 Å². The molecular weight excluding hydrogens is 248 g/mol. The van der Waals surface area contributed by atoms with Gasteiger partial charge in [-0.2, -0.15) is 0 Å². The lowest BCUT2D eigenvalue weighted by Gasteiger charge is -2.20. The first kappa shape index (κ1) is 14.5. The molecule has 0 fully saturated rings. The Morgan fingerprint density at radius 1 is 1.15 bits per heavy atom. The summed E-state index contributed by atoms with van der Waals surface area (Å²) in [6.45, 7) is 4.36. The van der Waals surface area contributed by atoms with Gasteiger partial charge < -0.3 is 10.4 Å². The molecule has 3 heteroatoms. The third kappa shape index (κ3) is 4.35. The van der Waals surface area contributed by atoms with Crippen LogP contribution in [0.15, 0.2) is 48.8 Å². The van der Waals surface area contributed by atoms with Gasteiger partial charge in [-0.1, -0.05) is 18.2 Å². The molecule has 20 heavy (non-hydrogen) atoms. The van der Waals surface area contributed by atoms with Gasteiger partial charge in [0.15, 0.2) is 0 Å². The van der Waals surface area contributed by atoms with Gasteiger partial charge in [-0.05, 0) is 56.0 Å². The third-order valence-electron chi connectivity index (χ3n) is 3.52. The van der Waals surface area contributed by atoms with Crippen molar-refractivity contribution >= 4 is 0 Å². The summed E-state index contributed by atoms with van der Waals surface area (Å²) >= 11 is 0. The van der Waals surface area contributed by atoms with Gasteiger partial charge in [0.05, 0.1) is 0 Å². The number of hydrogen-bond donors (Lipinski definition) is 2. The van der Waals surface area contributed by atoms with Gasteiger partial charge in [-0.3, -0.25) is 4.98 Å². The summed E-state index contributed by atoms with van der Waals surface area (Å²) in [5.41, 5.74) is 2.47. The van der Waals surface area contributed by atoms with Gasteiger partial charge in [-0.25, -0.2) is 0 Å². The summed E-state index contributed by atoms with van der Waals surface area (Å²) in [5.74, 6) is 0.324. The van der Waals surface area contributed by atoms with Gasteiger partial charge in [-0.15, -0.1) is 0 Å². The molecule has 0 amide bonds. The number of benzene rings is 1. The average Bonchev–Trinajstić information content (AvgIpc) is 2.47. The molecular formula is C17H22N2O. The summed E-state index contributed by atoms with van der Waals surface area (Å²) in [6.07, 6.45) is 5.78. The van der Waals surface area contributed by atoms with Crippen molar-refractivity contribution in [2.24, 2.45) is 0 Å². The van der Waals surface area contributed by atoms with Crippen LogP contribution in [0.3, 0.4) is 0 Å². The van der Waals surface area contributed by atoms with Crippen LogP contribution in [0.1, 0.15) is 37.4 Å². The van der Waals surface area contributed by atoms with Crippen molar-refractivity contribution in [2.75, 3.05) is 0 Å². The third-order valence-corrected chi connectivity index (χ3v) is 3.52. The smallest absolute Gasteiger partial charge is 0.115 e. The Bertz CT molecular complexity index is 510. The zero-order valence-corrected chi connectivity index (χ0v) is 12.1. The average molecular weight is 270 g/mol. The van der Waals surface area contributed by atoms with E-state index in [9.17, 15) is 5.11 Å². The SMILES string of the molecule is CC(CCc1ccc(O)cc1)N[C@H](C)c1cccnc1. The Balaban J connectivity index is 1.80. The predicted octanol–water partition coefficient (Wildman–Crippen LogP) is 3.46. The Labute approximate surface area is 120 Å². The normalized spacial score (nSPS) is 13.9. The molecule has 2 rings (SSSR count). The number of rotatable bonds is 6. The zero-order chi connectivity index (χ0) is 14.4. The van der Waals surface area contributed by atoms with E-state index in [1.54, 1.807) is 18.3 Å². The second kappa shape index (κ2) is 7.06. The quantitative estimate of drug-likeness (QED) is 0.845. The Morgan fingerprint density at radius 3 is 2.55 bits per heavy atom. The lowest BCUT2D eigenvalue weighted by molar-refractivity contribution is 0.455. The van der Waals surface area contributed by atoms with Crippen molar-refractivity contribution < 1.29 is 5.11 Å². The van der Waals surface area contributed by atoms with Crippen LogP contribution in [0.5, 0.6) is 5.75 Å². The van der Waals surface area contributed by atoms with Crippen molar-refractivity contribution in [1.29, 1.82) is 0 Å². The van der Waals surface area contributed by atoms with E-state index in [0.717, 1.165) is 12.8 Å². The first-order chi connectivity index (χ1) is 9.65. The number of phenols is 1. The summed E-state index contributed by atoms with van der Waals surface area (Å²) in [6, 6.07) is 12.2. The van der Waals surface area contributed by atoms with Crippen molar-refractivity contribution in [3.8, 4) is 5.75 Å². The van der Waals surface area contributed by atoms with Crippen LogP contribution in [-0.4, -0.2) is 16.1 Å². The molecule has 0 radical (unpaired) electrons. The zero-order valence-electron chi connectivity index (χ0n) is 12.1. The van der Waals surface area contributed by atoms with E-state index in [2.05, 4.69) is 30.2 Å². The largest absolute Gasteiger partial charge is 0.508 e. The highest BCUT2D eigenvalue weighted by atomic mass is 16.3. The molecule has 2 aromatic rings. The monoisotopic (exact) mass is 270 g/mol. The first-order valence-corrected chi connectivity index (χ1v) is 7.09. The maximum Gasteiger partial charge on any atom is 0.115 e. The molecule has 3 nitrogen and oxygen atoms in total. The van der Waals surface area contributed by atoms with Crippen LogP contribution in [-0.2, 0) is 6.42 Å². The molecule has 1 aromatic carbocycles. The molecule has 106 valence electrons. The number of aromatic nitrogens is 1. The molecule has 0 aliphatic heterocycles. The van der Waals surface area contributed by atoms with E-state index in [0.29, 0.717) is 17.8 Å². The lowest BCUT2D eigenvalue weighted by atomic mass is 10.0. The number of hydrogen-bond acceptors (Lipinski definition) is 3. The second-order valence-electron chi connectivity index (χ2n) is 5.28. The van der Waals surface area contributed by atoms with E-state index in [4.69, 9.17) is 0 Å². The summed E-state index contributed by atoms with van der Waals surface area (Å²) in [5, 5.41) is 12.8. The number of phenolic OH excluding ortho intramolecular Hbond substituents is 1. The van der Waals surface area contributed by atoms with Crippen LogP contribution in [0.2, 0.25) is 0 Å². The highest BCUT2D eigenvalue weighted by molar-refractivity contribution is 5.26. The molecule has 0 bridgehead atoms. The standard InChI is InChI=1S/C17H22N2O/c1-13(5-6-15-7-9-17(20)10-8-15)19-14(2)16-4-3-11-18-12-16/h3-4,7-14,19-20H,5-6H2,1-2H3/t13?,14-/m1/s1. The summed E-state index contributed by atoms with van der Waals surface area (Å²) in [7, 11) is 0. The van der Waals surface area contributed by atoms with Crippen molar-refractivity contribution in [2.45, 2.75) is 38.8 Å². The highest BCUT2D eigenvalue weighted by Crippen LogP contribution is 2.14. The van der Waals surface area contributed by atoms with Gasteiger partial charge in [0.25, 0.3) is 0 Å². The fraction of sp³-hybridized carbons (Fsp3) is 0.353. The van der Waals surface area contributed by atoms with Crippen molar-refractivity contribution in [3.05, 3.63) is 59.9 Å². The lowest BCUT2D eigenvalue weighted by Crippen LogP contribution is -2.29. The fourth-order valence-electron chi connectivity index (χ4n) is 2.28. The van der Waals surface area contributed by atoms with E-state index in [1.165, 1.54) is 11.1 Å². The molecule has 0 saturated carbocycles. The van der Waals surface area contributed by atoms with Gasteiger partial charge >= 0.3 is 0 Å². The molecule has 1 aromatic heterocycles. The molecule has 2 N–H and O–H groups in total. The van der Waals surface area contributed by atoms with Crippen LogP contribution in [0.25, 0.3) is 0 Å².